The zero-order valence-corrected chi connectivity index (χ0v) is 18.8. The van der Waals surface area contributed by atoms with E-state index in [0.29, 0.717) is 11.1 Å². The average molecular weight is 444 g/mol. The van der Waals surface area contributed by atoms with E-state index >= 15 is 0 Å². The number of rotatable bonds is 3. The molecule has 0 aliphatic heterocycles. The predicted molar refractivity (Wildman–Crippen MR) is 95.4 cm³/mol. The van der Waals surface area contributed by atoms with Gasteiger partial charge >= 0.3 is 0 Å². The van der Waals surface area contributed by atoms with E-state index in [1.807, 2.05) is 13.8 Å². The fourth-order valence-electron chi connectivity index (χ4n) is 1.24. The summed E-state index contributed by atoms with van der Waals surface area (Å²) in [5, 5.41) is 2.61. The number of carbonyl (C=O) groups is 1. The molecule has 0 heterocycles. The van der Waals surface area contributed by atoms with Crippen LogP contribution in [-0.4, -0.2) is 26.5 Å². The van der Waals surface area contributed by atoms with Gasteiger partial charge in [0.05, 0.1) is 5.91 Å². The maximum atomic E-state index is 11.8. The number of benzene rings is 1. The Bertz CT molecular complexity index is 712. The first-order valence-electron chi connectivity index (χ1n) is 6.64. The van der Waals surface area contributed by atoms with E-state index in [2.05, 4.69) is 16.1 Å². The number of sulfonamides is 1. The third-order valence-corrected chi connectivity index (χ3v) is 4.79. The van der Waals surface area contributed by atoms with Crippen molar-refractivity contribution in [2.45, 2.75) is 32.6 Å². The van der Waals surface area contributed by atoms with Crippen LogP contribution >= 0.6 is 12.2 Å². The van der Waals surface area contributed by atoms with Gasteiger partial charge in [0.1, 0.15) is 0 Å². The summed E-state index contributed by atoms with van der Waals surface area (Å²) in [5.41, 5.74) is 8.74. The van der Waals surface area contributed by atoms with E-state index in [-0.39, 0.29) is 42.7 Å². The number of aryl methyl sites for hydroxylation is 1. The van der Waals surface area contributed by atoms with E-state index in [1.54, 1.807) is 33.0 Å². The number of amides is 1. The molecule has 6 nitrogen and oxygen atoms in total. The Kier molecular flexibility index (Phi) is 12.4. The van der Waals surface area contributed by atoms with Crippen molar-refractivity contribution in [2.75, 3.05) is 7.05 Å². The van der Waals surface area contributed by atoms with Crippen LogP contribution in [0.4, 0.5) is 0 Å². The van der Waals surface area contributed by atoms with Gasteiger partial charge in [0.15, 0.2) is 5.11 Å². The topological polar surface area (TPSA) is 99.1 Å². The third kappa shape index (κ3) is 8.87. The average Bonchev–Trinajstić information content (AvgIpc) is 2.46. The molecular weight excluding hydrogens is 423 g/mol. The van der Waals surface area contributed by atoms with Crippen molar-refractivity contribution in [3.05, 3.63) is 46.7 Å². The van der Waals surface area contributed by atoms with E-state index in [9.17, 15) is 13.2 Å². The molecule has 0 aliphatic carbocycles. The number of nitrogens with one attached hydrogen (secondary N) is 3. The van der Waals surface area contributed by atoms with Gasteiger partial charge in [-0.3, -0.25) is 4.72 Å². The normalized spacial score (nSPS) is 9.54. The van der Waals surface area contributed by atoms with Crippen LogP contribution in [0.1, 0.15) is 26.3 Å². The molecule has 9 heteroatoms. The SMILES string of the molecule is CC(C)=C(C)C([NH-])=O.CNC(=S)NS(=O)(=O)c1c[c-]ccc1C.[Y]. The van der Waals surface area contributed by atoms with Gasteiger partial charge in [-0.2, -0.15) is 24.3 Å². The number of hydrogen-bond acceptors (Lipinski definition) is 4. The second-order valence-electron chi connectivity index (χ2n) is 4.83. The Balaban J connectivity index is 0. The maximum absolute atomic E-state index is 11.8. The fourth-order valence-corrected chi connectivity index (χ4v) is 2.74. The first-order chi connectivity index (χ1) is 10.5. The Morgan fingerprint density at radius 1 is 1.29 bits per heavy atom. The second kappa shape index (κ2) is 11.7. The minimum Gasteiger partial charge on any atom is -0.664 e. The van der Waals surface area contributed by atoms with Crippen molar-refractivity contribution in [3.63, 3.8) is 0 Å². The van der Waals surface area contributed by atoms with E-state index < -0.39 is 15.9 Å². The summed E-state index contributed by atoms with van der Waals surface area (Å²) in [6, 6.07) is 7.46. The molecule has 0 fully saturated rings. The molecule has 0 spiro atoms. The fraction of sp³-hybridized carbons (Fsp3) is 0.333. The zero-order valence-electron chi connectivity index (χ0n) is 14.4. The van der Waals surface area contributed by atoms with Crippen LogP contribution in [0.3, 0.4) is 0 Å². The van der Waals surface area contributed by atoms with Crippen LogP contribution in [0.2, 0.25) is 0 Å². The van der Waals surface area contributed by atoms with Gasteiger partial charge in [-0.05, 0) is 43.5 Å². The Hall–Kier alpha value is -0.826. The molecule has 0 saturated carbocycles. The second-order valence-corrected chi connectivity index (χ2v) is 6.89. The van der Waals surface area contributed by atoms with Gasteiger partial charge < -0.3 is 15.8 Å². The molecular formula is C15H21N3O3S2Y-2. The van der Waals surface area contributed by atoms with Crippen molar-refractivity contribution < 1.29 is 45.9 Å². The number of carbonyl (C=O) groups excluding carboxylic acids is 1. The van der Waals surface area contributed by atoms with Gasteiger partial charge in [0, 0.05) is 39.8 Å². The third-order valence-electron chi connectivity index (χ3n) is 2.87. The van der Waals surface area contributed by atoms with Crippen molar-refractivity contribution in [1.82, 2.24) is 10.0 Å². The van der Waals surface area contributed by atoms with Crippen LogP contribution in [0.15, 0.2) is 34.2 Å². The summed E-state index contributed by atoms with van der Waals surface area (Å²) in [4.78, 5) is 10.4. The quantitative estimate of drug-likeness (QED) is 0.424. The Morgan fingerprint density at radius 2 is 1.83 bits per heavy atom. The largest absolute Gasteiger partial charge is 0.664 e. The van der Waals surface area contributed by atoms with E-state index in [0.717, 1.165) is 5.57 Å². The molecule has 0 aliphatic rings. The molecule has 1 radical (unpaired) electrons. The molecule has 1 amide bonds. The molecule has 0 atom stereocenters. The van der Waals surface area contributed by atoms with Crippen molar-refractivity contribution in [1.29, 1.82) is 0 Å². The van der Waals surface area contributed by atoms with Crippen LogP contribution < -0.4 is 10.0 Å². The summed E-state index contributed by atoms with van der Waals surface area (Å²) in [5.74, 6) is -0.579. The molecule has 3 N–H and O–H groups in total. The molecule has 0 bridgehead atoms. The Labute approximate surface area is 174 Å². The predicted octanol–water partition coefficient (Wildman–Crippen LogP) is 2.50. The number of allylic oxidation sites excluding steroid dienone is 1. The van der Waals surface area contributed by atoms with Gasteiger partial charge in [0.2, 0.25) is 10.0 Å². The number of thiocarbonyl (C=S) groups is 1. The van der Waals surface area contributed by atoms with Crippen molar-refractivity contribution >= 4 is 33.3 Å². The minimum absolute atomic E-state index is 0. The maximum Gasteiger partial charge on any atom is 0.216 e. The molecule has 0 saturated heterocycles. The van der Waals surface area contributed by atoms with Crippen molar-refractivity contribution in [3.8, 4) is 0 Å². The summed E-state index contributed by atoms with van der Waals surface area (Å²) in [6.45, 7) is 7.01. The smallest absolute Gasteiger partial charge is 0.216 e. The monoisotopic (exact) mass is 444 g/mol. The molecule has 0 aromatic heterocycles. The standard InChI is InChI=1S/C9H11N2O2S2.C6H11NO.Y/c1-7-5-3-4-6-8(7)15(12,13)11-9(14)10-2;1-4(2)5(3)6(7)8;/h3,5-6H,1-2H3,(H2,10,11,14);1-3H3,(H2,7,8);/q-1;;/p-1. The molecule has 1 aromatic carbocycles. The summed E-state index contributed by atoms with van der Waals surface area (Å²) < 4.78 is 25.8. The summed E-state index contributed by atoms with van der Waals surface area (Å²) >= 11 is 4.74. The van der Waals surface area contributed by atoms with E-state index in [1.165, 1.54) is 6.07 Å². The van der Waals surface area contributed by atoms with Gasteiger partial charge in [0.25, 0.3) is 0 Å². The molecule has 131 valence electrons. The molecule has 1 aromatic rings. The molecule has 1 rings (SSSR count). The van der Waals surface area contributed by atoms with Crippen LogP contribution in [0.25, 0.3) is 5.73 Å². The van der Waals surface area contributed by atoms with E-state index in [4.69, 9.17) is 18.0 Å². The molecule has 0 unspecified atom stereocenters. The van der Waals surface area contributed by atoms with Crippen LogP contribution in [-0.2, 0) is 47.5 Å². The van der Waals surface area contributed by atoms with Crippen LogP contribution in [0, 0.1) is 13.0 Å². The zero-order chi connectivity index (χ0) is 18.2. The Morgan fingerprint density at radius 3 is 2.17 bits per heavy atom. The van der Waals surface area contributed by atoms with Crippen molar-refractivity contribution in [2.24, 2.45) is 0 Å². The first-order valence-corrected chi connectivity index (χ1v) is 8.53. The molecule has 24 heavy (non-hydrogen) atoms. The first kappa shape index (κ1) is 25.4. The minimum atomic E-state index is -3.59. The van der Waals surface area contributed by atoms with Gasteiger partial charge in [-0.1, -0.05) is 12.5 Å². The van der Waals surface area contributed by atoms with Crippen LogP contribution in [0.5, 0.6) is 0 Å². The summed E-state index contributed by atoms with van der Waals surface area (Å²) in [6.07, 6.45) is 0. The number of hydrogen-bond donors (Lipinski definition) is 2. The van der Waals surface area contributed by atoms with Gasteiger partial charge in [-0.25, -0.2) is 8.42 Å². The van der Waals surface area contributed by atoms with Gasteiger partial charge in [-0.15, -0.1) is 5.56 Å². The summed E-state index contributed by atoms with van der Waals surface area (Å²) in [7, 11) is -2.04.